The summed E-state index contributed by atoms with van der Waals surface area (Å²) in [5.74, 6) is -0.197. The van der Waals surface area contributed by atoms with Gasteiger partial charge in [-0.1, -0.05) is 29.8 Å². The van der Waals surface area contributed by atoms with Crippen molar-refractivity contribution in [1.29, 1.82) is 0 Å². The molecule has 4 nitrogen and oxygen atoms in total. The Morgan fingerprint density at radius 1 is 1.21 bits per heavy atom. The molecule has 0 aliphatic heterocycles. The zero-order valence-electron chi connectivity index (χ0n) is 9.85. The number of H-pyrrole nitrogens is 1. The van der Waals surface area contributed by atoms with Crippen molar-refractivity contribution in [3.8, 4) is 0 Å². The quantitative estimate of drug-likeness (QED) is 0.750. The summed E-state index contributed by atoms with van der Waals surface area (Å²) in [6.07, 6.45) is 1.59. The molecule has 1 amide bonds. The van der Waals surface area contributed by atoms with E-state index < -0.39 is 0 Å². The molecule has 5 heteroatoms. The number of carbonyl (C=O) groups excluding carboxylic acids is 1. The predicted octanol–water partition coefficient (Wildman–Crippen LogP) is 3.47. The van der Waals surface area contributed by atoms with Crippen molar-refractivity contribution in [2.75, 3.05) is 5.32 Å². The molecule has 0 bridgehead atoms. The molecule has 1 heterocycles. The molecule has 0 aliphatic carbocycles. The van der Waals surface area contributed by atoms with Gasteiger partial charge in [-0.2, -0.15) is 0 Å². The van der Waals surface area contributed by atoms with Crippen LogP contribution in [0.25, 0.3) is 11.0 Å². The second-order valence-corrected chi connectivity index (χ2v) is 4.48. The molecule has 2 N–H and O–H groups in total. The summed E-state index contributed by atoms with van der Waals surface area (Å²) in [7, 11) is 0. The maximum atomic E-state index is 12.0. The Hall–Kier alpha value is -2.33. The number of halogens is 1. The summed E-state index contributed by atoms with van der Waals surface area (Å²) in [5.41, 5.74) is 2.73. The van der Waals surface area contributed by atoms with Crippen LogP contribution in [-0.2, 0) is 0 Å². The number of aromatic amines is 1. The van der Waals surface area contributed by atoms with Crippen molar-refractivity contribution in [2.24, 2.45) is 0 Å². The van der Waals surface area contributed by atoms with Gasteiger partial charge >= 0.3 is 0 Å². The highest BCUT2D eigenvalue weighted by Gasteiger charge is 2.10. The van der Waals surface area contributed by atoms with Gasteiger partial charge in [-0.25, -0.2) is 4.98 Å². The molecule has 0 atom stereocenters. The van der Waals surface area contributed by atoms with E-state index in [1.54, 1.807) is 30.6 Å². The lowest BCUT2D eigenvalue weighted by molar-refractivity contribution is 0.102. The number of hydrogen-bond donors (Lipinski definition) is 2. The van der Waals surface area contributed by atoms with Crippen molar-refractivity contribution in [3.63, 3.8) is 0 Å². The second kappa shape index (κ2) is 4.74. The van der Waals surface area contributed by atoms with Crippen molar-refractivity contribution >= 4 is 34.2 Å². The predicted molar refractivity (Wildman–Crippen MR) is 75.5 cm³/mol. The largest absolute Gasteiger partial charge is 0.345 e. The van der Waals surface area contributed by atoms with Gasteiger partial charge in [0, 0.05) is 5.56 Å². The van der Waals surface area contributed by atoms with Crippen molar-refractivity contribution in [1.82, 2.24) is 9.97 Å². The topological polar surface area (TPSA) is 57.8 Å². The third-order valence-corrected chi connectivity index (χ3v) is 3.11. The molecule has 0 fully saturated rings. The molecule has 0 saturated carbocycles. The van der Waals surface area contributed by atoms with Gasteiger partial charge in [0.25, 0.3) is 5.91 Å². The lowest BCUT2D eigenvalue weighted by Gasteiger charge is -2.07. The summed E-state index contributed by atoms with van der Waals surface area (Å²) in [5, 5.41) is 3.26. The number of anilines is 1. The van der Waals surface area contributed by atoms with Crippen LogP contribution in [0.5, 0.6) is 0 Å². The van der Waals surface area contributed by atoms with Crippen molar-refractivity contribution < 1.29 is 4.79 Å². The number of amides is 1. The first-order valence-electron chi connectivity index (χ1n) is 5.73. The molecule has 2 aromatic carbocycles. The zero-order valence-corrected chi connectivity index (χ0v) is 10.6. The van der Waals surface area contributed by atoms with Crippen LogP contribution < -0.4 is 5.32 Å². The van der Waals surface area contributed by atoms with E-state index in [9.17, 15) is 4.79 Å². The molecule has 3 rings (SSSR count). The summed E-state index contributed by atoms with van der Waals surface area (Å²) in [6, 6.07) is 12.5. The highest BCUT2D eigenvalue weighted by molar-refractivity contribution is 6.34. The van der Waals surface area contributed by atoms with Crippen LogP contribution in [0.1, 0.15) is 10.4 Å². The van der Waals surface area contributed by atoms with Crippen LogP contribution in [0.3, 0.4) is 0 Å². The number of hydrogen-bond acceptors (Lipinski definition) is 2. The molecule has 0 unspecified atom stereocenters. The fraction of sp³-hybridized carbons (Fsp3) is 0. The van der Waals surface area contributed by atoms with E-state index in [0.717, 1.165) is 11.0 Å². The number of rotatable bonds is 2. The van der Waals surface area contributed by atoms with Crippen LogP contribution in [0.4, 0.5) is 5.69 Å². The molecule has 0 radical (unpaired) electrons. The van der Waals surface area contributed by atoms with Crippen molar-refractivity contribution in [3.05, 3.63) is 59.4 Å². The molecule has 1 aromatic heterocycles. The molecular weight excluding hydrogens is 262 g/mol. The highest BCUT2D eigenvalue weighted by Crippen LogP contribution is 2.26. The summed E-state index contributed by atoms with van der Waals surface area (Å²) in [4.78, 5) is 19.1. The highest BCUT2D eigenvalue weighted by atomic mass is 35.5. The van der Waals surface area contributed by atoms with Crippen LogP contribution >= 0.6 is 11.6 Å². The smallest absolute Gasteiger partial charge is 0.255 e. The number of aromatic nitrogens is 2. The third kappa shape index (κ3) is 2.30. The first-order chi connectivity index (χ1) is 9.24. The monoisotopic (exact) mass is 271 g/mol. The van der Waals surface area contributed by atoms with Crippen LogP contribution in [-0.4, -0.2) is 15.9 Å². The lowest BCUT2D eigenvalue weighted by atomic mass is 10.2. The van der Waals surface area contributed by atoms with Crippen LogP contribution in [0, 0.1) is 0 Å². The molecule has 0 aliphatic rings. The van der Waals surface area contributed by atoms with E-state index >= 15 is 0 Å². The number of imidazole rings is 1. The van der Waals surface area contributed by atoms with Gasteiger partial charge in [0.1, 0.15) is 0 Å². The maximum Gasteiger partial charge on any atom is 0.255 e. The maximum absolute atomic E-state index is 12.0. The summed E-state index contributed by atoms with van der Waals surface area (Å²) in [6.45, 7) is 0. The van der Waals surface area contributed by atoms with E-state index in [1.165, 1.54) is 0 Å². The van der Waals surface area contributed by atoms with E-state index in [4.69, 9.17) is 11.6 Å². The molecule has 3 aromatic rings. The minimum atomic E-state index is -0.197. The Bertz CT molecular complexity index is 737. The number of benzene rings is 2. The molecule has 0 saturated heterocycles. The summed E-state index contributed by atoms with van der Waals surface area (Å²) >= 11 is 6.13. The van der Waals surface area contributed by atoms with Gasteiger partial charge < -0.3 is 10.3 Å². The third-order valence-electron chi connectivity index (χ3n) is 2.79. The average Bonchev–Trinajstić information content (AvgIpc) is 2.87. The molecule has 0 spiro atoms. The zero-order chi connectivity index (χ0) is 13.2. The Morgan fingerprint density at radius 3 is 2.79 bits per heavy atom. The van der Waals surface area contributed by atoms with E-state index in [1.807, 2.05) is 18.2 Å². The Morgan fingerprint density at radius 2 is 2.00 bits per heavy atom. The standard InChI is InChI=1S/C14H10ClN3O/c15-10-6-12-13(17-8-16-12)7-11(10)18-14(19)9-4-2-1-3-5-9/h1-8H,(H,16,17)(H,18,19). The van der Waals surface area contributed by atoms with Gasteiger partial charge in [-0.3, -0.25) is 4.79 Å². The van der Waals surface area contributed by atoms with E-state index in [0.29, 0.717) is 16.3 Å². The first kappa shape index (κ1) is 11.7. The van der Waals surface area contributed by atoms with Crippen molar-refractivity contribution in [2.45, 2.75) is 0 Å². The first-order valence-corrected chi connectivity index (χ1v) is 6.11. The van der Waals surface area contributed by atoms with Gasteiger partial charge in [-0.05, 0) is 24.3 Å². The molecular formula is C14H10ClN3O. The number of nitrogens with one attached hydrogen (secondary N) is 2. The fourth-order valence-corrected chi connectivity index (χ4v) is 2.05. The lowest BCUT2D eigenvalue weighted by Crippen LogP contribution is -2.11. The Balaban J connectivity index is 1.92. The van der Waals surface area contributed by atoms with Crippen LogP contribution in [0.15, 0.2) is 48.8 Å². The normalized spacial score (nSPS) is 10.6. The fourth-order valence-electron chi connectivity index (χ4n) is 1.84. The SMILES string of the molecule is O=C(Nc1cc2nc[nH]c2cc1Cl)c1ccccc1. The minimum Gasteiger partial charge on any atom is -0.345 e. The van der Waals surface area contributed by atoms with E-state index in [2.05, 4.69) is 15.3 Å². The minimum absolute atomic E-state index is 0.197. The Labute approximate surface area is 114 Å². The Kier molecular flexibility index (Phi) is 2.93. The van der Waals surface area contributed by atoms with Crippen LogP contribution in [0.2, 0.25) is 5.02 Å². The average molecular weight is 272 g/mol. The second-order valence-electron chi connectivity index (χ2n) is 4.07. The van der Waals surface area contributed by atoms with Gasteiger partial charge in [-0.15, -0.1) is 0 Å². The molecule has 19 heavy (non-hydrogen) atoms. The summed E-state index contributed by atoms with van der Waals surface area (Å²) < 4.78 is 0. The van der Waals surface area contributed by atoms with Gasteiger partial charge in [0.05, 0.1) is 28.1 Å². The van der Waals surface area contributed by atoms with E-state index in [-0.39, 0.29) is 5.91 Å². The number of carbonyl (C=O) groups is 1. The van der Waals surface area contributed by atoms with Gasteiger partial charge in [0.2, 0.25) is 0 Å². The number of nitrogens with zero attached hydrogens (tertiary/aromatic N) is 1. The molecule has 94 valence electrons. The van der Waals surface area contributed by atoms with Gasteiger partial charge in [0.15, 0.2) is 0 Å². The number of fused-ring (bicyclic) bond motifs is 1.